The molecule has 2 rings (SSSR count). The van der Waals surface area contributed by atoms with Gasteiger partial charge in [-0.2, -0.15) is 5.10 Å². The third-order valence-corrected chi connectivity index (χ3v) is 3.50. The molecule has 8 heteroatoms. The lowest BCUT2D eigenvalue weighted by molar-refractivity contribution is -0.118. The van der Waals surface area contributed by atoms with Crippen LogP contribution in [0.15, 0.2) is 29.4 Å². The summed E-state index contributed by atoms with van der Waals surface area (Å²) in [7, 11) is 0. The Morgan fingerprint density at radius 3 is 2.62 bits per heavy atom. The summed E-state index contributed by atoms with van der Waals surface area (Å²) in [5.41, 5.74) is 7.26. The summed E-state index contributed by atoms with van der Waals surface area (Å²) in [6.07, 6.45) is 0. The van der Waals surface area contributed by atoms with E-state index in [4.69, 9.17) is 5.73 Å². The van der Waals surface area contributed by atoms with Gasteiger partial charge >= 0.3 is 5.24 Å². The Bertz CT molecular complexity index is 612. The summed E-state index contributed by atoms with van der Waals surface area (Å²) in [6, 6.07) is 7.09. The molecule has 0 saturated heterocycles. The summed E-state index contributed by atoms with van der Waals surface area (Å²) < 4.78 is 0. The van der Waals surface area contributed by atoms with E-state index < -0.39 is 5.91 Å². The number of amides is 3. The van der Waals surface area contributed by atoms with Crippen LogP contribution in [0.2, 0.25) is 0 Å². The summed E-state index contributed by atoms with van der Waals surface area (Å²) in [5.74, 6) is -0.338. The molecule has 0 fully saturated rings. The number of benzene rings is 1. The van der Waals surface area contributed by atoms with Crippen LogP contribution in [0.1, 0.15) is 12.5 Å². The molecule has 1 heterocycles. The molecule has 110 valence electrons. The van der Waals surface area contributed by atoms with E-state index in [1.165, 1.54) is 6.92 Å². The van der Waals surface area contributed by atoms with Gasteiger partial charge in [0.05, 0.1) is 5.71 Å². The molecule has 1 aliphatic rings. The predicted molar refractivity (Wildman–Crippen MR) is 81.0 cm³/mol. The fourth-order valence-corrected chi connectivity index (χ4v) is 2.50. The molecule has 1 aliphatic heterocycles. The van der Waals surface area contributed by atoms with Crippen LogP contribution < -0.4 is 11.1 Å². The molecule has 0 unspecified atom stereocenters. The summed E-state index contributed by atoms with van der Waals surface area (Å²) >= 11 is 1.06. The number of hydrogen-bond acceptors (Lipinski definition) is 5. The van der Waals surface area contributed by atoms with E-state index in [9.17, 15) is 14.4 Å². The minimum Gasteiger partial charge on any atom is -0.368 e. The minimum atomic E-state index is -0.616. The second kappa shape index (κ2) is 6.40. The second-order valence-electron chi connectivity index (χ2n) is 4.38. The van der Waals surface area contributed by atoms with E-state index in [1.807, 2.05) is 0 Å². The highest BCUT2D eigenvalue weighted by Gasteiger charge is 2.23. The lowest BCUT2D eigenvalue weighted by Gasteiger charge is -2.21. The number of carbonyl (C=O) groups is 3. The number of anilines is 1. The molecule has 3 N–H and O–H groups in total. The number of carbonyl (C=O) groups excluding carboxylic acids is 3. The number of thioether (sulfide) groups is 1. The highest BCUT2D eigenvalue weighted by Crippen LogP contribution is 2.20. The Kier molecular flexibility index (Phi) is 4.59. The molecule has 21 heavy (non-hydrogen) atoms. The fraction of sp³-hybridized carbons (Fsp3) is 0.231. The van der Waals surface area contributed by atoms with E-state index in [0.717, 1.165) is 22.3 Å². The third kappa shape index (κ3) is 4.06. The van der Waals surface area contributed by atoms with Gasteiger partial charge < -0.3 is 11.1 Å². The zero-order chi connectivity index (χ0) is 15.4. The molecule has 7 nitrogen and oxygen atoms in total. The molecule has 0 radical (unpaired) electrons. The van der Waals surface area contributed by atoms with Crippen LogP contribution in [0.25, 0.3) is 0 Å². The quantitative estimate of drug-likeness (QED) is 0.865. The maximum atomic E-state index is 11.6. The molecular formula is C13H14N4O3S. The Labute approximate surface area is 125 Å². The normalized spacial score (nSPS) is 14.6. The monoisotopic (exact) mass is 306 g/mol. The number of nitrogens with one attached hydrogen (secondary N) is 1. The van der Waals surface area contributed by atoms with Crippen molar-refractivity contribution in [3.05, 3.63) is 29.8 Å². The van der Waals surface area contributed by atoms with Crippen molar-refractivity contribution < 1.29 is 14.4 Å². The number of nitrogens with zero attached hydrogens (tertiary/aromatic N) is 2. The van der Waals surface area contributed by atoms with E-state index in [1.54, 1.807) is 24.3 Å². The van der Waals surface area contributed by atoms with Crippen LogP contribution in [-0.4, -0.2) is 40.1 Å². The molecule has 1 aromatic carbocycles. The van der Waals surface area contributed by atoms with E-state index in [2.05, 4.69) is 10.4 Å². The zero-order valence-corrected chi connectivity index (χ0v) is 12.1. The van der Waals surface area contributed by atoms with Gasteiger partial charge in [-0.05, 0) is 17.7 Å². The van der Waals surface area contributed by atoms with Crippen molar-refractivity contribution in [2.24, 2.45) is 10.8 Å². The molecule has 0 aromatic heterocycles. The first-order chi connectivity index (χ1) is 9.95. The van der Waals surface area contributed by atoms with Gasteiger partial charge in [0, 0.05) is 18.4 Å². The van der Waals surface area contributed by atoms with Crippen LogP contribution in [0.3, 0.4) is 0 Å². The lowest BCUT2D eigenvalue weighted by Crippen LogP contribution is -2.36. The van der Waals surface area contributed by atoms with E-state index in [-0.39, 0.29) is 17.7 Å². The van der Waals surface area contributed by atoms with E-state index in [0.29, 0.717) is 17.2 Å². The Morgan fingerprint density at radius 2 is 2.05 bits per heavy atom. The first-order valence-corrected chi connectivity index (χ1v) is 7.12. The zero-order valence-electron chi connectivity index (χ0n) is 11.3. The molecule has 0 saturated carbocycles. The second-order valence-corrected chi connectivity index (χ2v) is 5.31. The molecular weight excluding hydrogens is 292 g/mol. The fourth-order valence-electron chi connectivity index (χ4n) is 1.76. The first-order valence-electron chi connectivity index (χ1n) is 6.14. The molecule has 0 bridgehead atoms. The molecule has 1 aromatic rings. The standard InChI is InChI=1S/C13H14N4O3S/c1-8(18)15-10-4-2-9(3-5-10)11-7-21-13(20)17(16-11)6-12(14)19/h2-5H,6-7H2,1H3,(H2,14,19)(H,15,18). The maximum absolute atomic E-state index is 11.6. The highest BCUT2D eigenvalue weighted by atomic mass is 32.2. The number of nitrogens with two attached hydrogens (primary N) is 1. The van der Waals surface area contributed by atoms with Gasteiger partial charge in [0.1, 0.15) is 6.54 Å². The van der Waals surface area contributed by atoms with Crippen molar-refractivity contribution in [1.29, 1.82) is 0 Å². The van der Waals surface area contributed by atoms with Crippen molar-refractivity contribution in [2.75, 3.05) is 17.6 Å². The topological polar surface area (TPSA) is 105 Å². The van der Waals surface area contributed by atoms with Crippen LogP contribution in [0, 0.1) is 0 Å². The van der Waals surface area contributed by atoms with Gasteiger partial charge in [0.2, 0.25) is 11.8 Å². The first kappa shape index (κ1) is 15.0. The minimum absolute atomic E-state index is 0.147. The van der Waals surface area contributed by atoms with Gasteiger partial charge in [-0.25, -0.2) is 5.01 Å². The smallest absolute Gasteiger partial charge is 0.302 e. The Morgan fingerprint density at radius 1 is 1.38 bits per heavy atom. The Balaban J connectivity index is 2.18. The van der Waals surface area contributed by atoms with Gasteiger partial charge in [-0.15, -0.1) is 0 Å². The molecule has 0 atom stereocenters. The SMILES string of the molecule is CC(=O)Nc1ccc(C2=NN(CC(N)=O)C(=O)SC2)cc1. The van der Waals surface area contributed by atoms with Crippen molar-refractivity contribution in [3.63, 3.8) is 0 Å². The van der Waals surface area contributed by atoms with Gasteiger partial charge in [0.25, 0.3) is 0 Å². The van der Waals surface area contributed by atoms with Crippen LogP contribution in [0.5, 0.6) is 0 Å². The lowest BCUT2D eigenvalue weighted by atomic mass is 10.1. The number of primary amides is 1. The third-order valence-electron chi connectivity index (χ3n) is 2.63. The predicted octanol–water partition coefficient (Wildman–Crippen LogP) is 1.00. The average Bonchev–Trinajstić information content (AvgIpc) is 2.41. The van der Waals surface area contributed by atoms with Crippen molar-refractivity contribution in [3.8, 4) is 0 Å². The number of hydrazone groups is 1. The van der Waals surface area contributed by atoms with Crippen molar-refractivity contribution in [2.45, 2.75) is 6.92 Å². The van der Waals surface area contributed by atoms with Crippen LogP contribution in [0.4, 0.5) is 10.5 Å². The van der Waals surface area contributed by atoms with Gasteiger partial charge in [-0.3, -0.25) is 14.4 Å². The summed E-state index contributed by atoms with van der Waals surface area (Å²) in [5, 5.41) is 7.59. The van der Waals surface area contributed by atoms with Crippen molar-refractivity contribution in [1.82, 2.24) is 5.01 Å². The summed E-state index contributed by atoms with van der Waals surface area (Å²) in [4.78, 5) is 33.5. The molecule has 3 amide bonds. The maximum Gasteiger partial charge on any atom is 0.302 e. The molecule has 0 spiro atoms. The number of hydrogen-bond donors (Lipinski definition) is 2. The van der Waals surface area contributed by atoms with Crippen LogP contribution in [-0.2, 0) is 9.59 Å². The average molecular weight is 306 g/mol. The number of rotatable bonds is 4. The molecule has 0 aliphatic carbocycles. The largest absolute Gasteiger partial charge is 0.368 e. The van der Waals surface area contributed by atoms with Crippen molar-refractivity contribution >= 4 is 40.2 Å². The Hall–Kier alpha value is -2.35. The van der Waals surface area contributed by atoms with Gasteiger partial charge in [-0.1, -0.05) is 23.9 Å². The summed E-state index contributed by atoms with van der Waals surface area (Å²) in [6.45, 7) is 1.20. The van der Waals surface area contributed by atoms with Gasteiger partial charge in [0.15, 0.2) is 0 Å². The van der Waals surface area contributed by atoms with Crippen LogP contribution >= 0.6 is 11.8 Å². The highest BCUT2D eigenvalue weighted by molar-refractivity contribution is 8.14. The van der Waals surface area contributed by atoms with E-state index >= 15 is 0 Å².